The normalized spacial score (nSPS) is 11.2. The first-order valence-electron chi connectivity index (χ1n) is 11.7. The van der Waals surface area contributed by atoms with Crippen molar-refractivity contribution < 1.29 is 9.53 Å². The molecule has 0 saturated carbocycles. The fourth-order valence-electron chi connectivity index (χ4n) is 3.95. The molecule has 6 heteroatoms. The van der Waals surface area contributed by atoms with E-state index in [9.17, 15) is 4.79 Å². The van der Waals surface area contributed by atoms with E-state index in [2.05, 4.69) is 57.9 Å². The minimum absolute atomic E-state index is 0.0825. The van der Waals surface area contributed by atoms with Crippen LogP contribution in [0.15, 0.2) is 77.3 Å². The van der Waals surface area contributed by atoms with Crippen molar-refractivity contribution in [1.82, 2.24) is 14.9 Å². The van der Waals surface area contributed by atoms with Gasteiger partial charge in [0.1, 0.15) is 11.6 Å². The first kappa shape index (κ1) is 24.0. The zero-order chi connectivity index (χ0) is 23.9. The van der Waals surface area contributed by atoms with E-state index >= 15 is 0 Å². The molecule has 0 saturated heterocycles. The van der Waals surface area contributed by atoms with Gasteiger partial charge in [0.05, 0.1) is 17.6 Å². The standard InChI is InChI=1S/C28H30BrN3O2/c1-20(2)21-11-13-24(14-12-21)34-18-6-17-32-26-10-4-3-9-25(26)31-27(32)15-16-30-28(33)22-7-5-8-23(29)19-22/h3-5,7-14,19-20H,6,15-18H2,1-2H3,(H,30,33). The van der Waals surface area contributed by atoms with E-state index in [0.717, 1.165) is 40.0 Å². The number of rotatable bonds is 10. The monoisotopic (exact) mass is 519 g/mol. The molecule has 1 aromatic heterocycles. The number of nitrogens with one attached hydrogen (secondary N) is 1. The number of carbonyl (C=O) groups is 1. The number of fused-ring (bicyclic) bond motifs is 1. The van der Waals surface area contributed by atoms with Crippen molar-refractivity contribution >= 4 is 32.9 Å². The van der Waals surface area contributed by atoms with E-state index < -0.39 is 0 Å². The van der Waals surface area contributed by atoms with E-state index in [1.165, 1.54) is 5.56 Å². The zero-order valence-corrected chi connectivity index (χ0v) is 21.2. The first-order valence-corrected chi connectivity index (χ1v) is 12.5. The Bertz CT molecular complexity index is 1250. The molecule has 1 N–H and O–H groups in total. The largest absolute Gasteiger partial charge is 0.494 e. The van der Waals surface area contributed by atoms with Gasteiger partial charge in [-0.15, -0.1) is 0 Å². The summed E-state index contributed by atoms with van der Waals surface area (Å²) in [6, 6.07) is 23.9. The van der Waals surface area contributed by atoms with Crippen LogP contribution in [-0.4, -0.2) is 28.6 Å². The molecule has 5 nitrogen and oxygen atoms in total. The Morgan fingerprint density at radius 3 is 2.62 bits per heavy atom. The van der Waals surface area contributed by atoms with Crippen molar-refractivity contribution in [2.45, 2.75) is 39.2 Å². The highest BCUT2D eigenvalue weighted by Gasteiger charge is 2.12. The van der Waals surface area contributed by atoms with E-state index in [1.54, 1.807) is 0 Å². The number of para-hydroxylation sites is 2. The molecule has 4 aromatic rings. The molecule has 0 radical (unpaired) electrons. The van der Waals surface area contributed by atoms with Gasteiger partial charge in [-0.1, -0.05) is 60.1 Å². The number of aryl methyl sites for hydroxylation is 1. The molecule has 4 rings (SSSR count). The highest BCUT2D eigenvalue weighted by Crippen LogP contribution is 2.20. The van der Waals surface area contributed by atoms with Crippen LogP contribution in [0.25, 0.3) is 11.0 Å². The van der Waals surface area contributed by atoms with Crippen LogP contribution in [0.2, 0.25) is 0 Å². The van der Waals surface area contributed by atoms with Gasteiger partial charge in [-0.2, -0.15) is 0 Å². The summed E-state index contributed by atoms with van der Waals surface area (Å²) in [4.78, 5) is 17.3. The van der Waals surface area contributed by atoms with Crippen LogP contribution in [0.3, 0.4) is 0 Å². The molecule has 176 valence electrons. The topological polar surface area (TPSA) is 56.1 Å². The number of amides is 1. The van der Waals surface area contributed by atoms with Gasteiger partial charge in [-0.3, -0.25) is 4.79 Å². The number of aromatic nitrogens is 2. The van der Waals surface area contributed by atoms with E-state index in [0.29, 0.717) is 31.1 Å². The number of hydrogen-bond donors (Lipinski definition) is 1. The van der Waals surface area contributed by atoms with Crippen LogP contribution in [0.1, 0.15) is 47.9 Å². The lowest BCUT2D eigenvalue weighted by Crippen LogP contribution is -2.26. The van der Waals surface area contributed by atoms with Gasteiger partial charge >= 0.3 is 0 Å². The second-order valence-corrected chi connectivity index (χ2v) is 9.53. The van der Waals surface area contributed by atoms with Crippen molar-refractivity contribution in [1.29, 1.82) is 0 Å². The van der Waals surface area contributed by atoms with E-state index in [1.807, 2.05) is 54.6 Å². The highest BCUT2D eigenvalue weighted by atomic mass is 79.9. The van der Waals surface area contributed by atoms with E-state index in [-0.39, 0.29) is 5.91 Å². The fourth-order valence-corrected chi connectivity index (χ4v) is 4.35. The lowest BCUT2D eigenvalue weighted by molar-refractivity contribution is 0.0954. The van der Waals surface area contributed by atoms with Crippen LogP contribution < -0.4 is 10.1 Å². The predicted molar refractivity (Wildman–Crippen MR) is 141 cm³/mol. The van der Waals surface area contributed by atoms with Gasteiger partial charge in [0, 0.05) is 29.5 Å². The molecule has 0 atom stereocenters. The Morgan fingerprint density at radius 2 is 1.85 bits per heavy atom. The van der Waals surface area contributed by atoms with Crippen molar-refractivity contribution in [2.24, 2.45) is 0 Å². The fraction of sp³-hybridized carbons (Fsp3) is 0.286. The molecule has 1 heterocycles. The van der Waals surface area contributed by atoms with Crippen molar-refractivity contribution in [3.8, 4) is 5.75 Å². The van der Waals surface area contributed by atoms with Crippen LogP contribution in [-0.2, 0) is 13.0 Å². The molecular formula is C28H30BrN3O2. The summed E-state index contributed by atoms with van der Waals surface area (Å²) in [5.74, 6) is 2.30. The third kappa shape index (κ3) is 6.06. The molecule has 0 spiro atoms. The summed E-state index contributed by atoms with van der Waals surface area (Å²) < 4.78 is 9.10. The minimum atomic E-state index is -0.0825. The summed E-state index contributed by atoms with van der Waals surface area (Å²) in [6.07, 6.45) is 1.52. The SMILES string of the molecule is CC(C)c1ccc(OCCCn2c(CCNC(=O)c3cccc(Br)c3)nc3ccccc32)cc1. The molecule has 34 heavy (non-hydrogen) atoms. The number of imidazole rings is 1. The molecule has 1 amide bonds. The lowest BCUT2D eigenvalue weighted by atomic mass is 10.0. The third-order valence-electron chi connectivity index (χ3n) is 5.80. The average Bonchev–Trinajstić information content (AvgIpc) is 3.19. The Labute approximate surface area is 209 Å². The number of nitrogens with zero attached hydrogens (tertiary/aromatic N) is 2. The lowest BCUT2D eigenvalue weighted by Gasteiger charge is -2.12. The maximum atomic E-state index is 12.5. The maximum Gasteiger partial charge on any atom is 0.251 e. The Balaban J connectivity index is 1.35. The van der Waals surface area contributed by atoms with Crippen molar-refractivity contribution in [2.75, 3.05) is 13.2 Å². The Morgan fingerprint density at radius 1 is 1.06 bits per heavy atom. The minimum Gasteiger partial charge on any atom is -0.494 e. The van der Waals surface area contributed by atoms with Crippen molar-refractivity contribution in [3.63, 3.8) is 0 Å². The molecular weight excluding hydrogens is 490 g/mol. The second-order valence-electron chi connectivity index (χ2n) is 8.61. The molecule has 0 fully saturated rings. The number of ether oxygens (including phenoxy) is 1. The number of benzene rings is 3. The third-order valence-corrected chi connectivity index (χ3v) is 6.29. The Hall–Kier alpha value is -3.12. The number of halogens is 1. The van der Waals surface area contributed by atoms with Gasteiger partial charge in [0.15, 0.2) is 0 Å². The van der Waals surface area contributed by atoms with E-state index in [4.69, 9.17) is 9.72 Å². The van der Waals surface area contributed by atoms with Crippen LogP contribution in [0, 0.1) is 0 Å². The number of carbonyl (C=O) groups excluding carboxylic acids is 1. The molecule has 3 aromatic carbocycles. The average molecular weight is 520 g/mol. The van der Waals surface area contributed by atoms with Gasteiger partial charge in [-0.05, 0) is 60.4 Å². The smallest absolute Gasteiger partial charge is 0.251 e. The molecule has 0 bridgehead atoms. The van der Waals surface area contributed by atoms with Gasteiger partial charge in [0.2, 0.25) is 0 Å². The predicted octanol–water partition coefficient (Wildman–Crippen LogP) is 6.36. The zero-order valence-electron chi connectivity index (χ0n) is 19.6. The van der Waals surface area contributed by atoms with Gasteiger partial charge < -0.3 is 14.6 Å². The Kier molecular flexibility index (Phi) is 8.01. The maximum absolute atomic E-state index is 12.5. The molecule has 0 aliphatic heterocycles. The van der Waals surface area contributed by atoms with Crippen LogP contribution in [0.4, 0.5) is 0 Å². The quantitative estimate of drug-likeness (QED) is 0.248. The molecule has 0 aliphatic rings. The van der Waals surface area contributed by atoms with Crippen LogP contribution >= 0.6 is 15.9 Å². The highest BCUT2D eigenvalue weighted by molar-refractivity contribution is 9.10. The summed E-state index contributed by atoms with van der Waals surface area (Å²) >= 11 is 3.41. The number of hydrogen-bond acceptors (Lipinski definition) is 3. The second kappa shape index (κ2) is 11.3. The summed E-state index contributed by atoms with van der Waals surface area (Å²) in [6.45, 7) is 6.34. The van der Waals surface area contributed by atoms with Gasteiger partial charge in [-0.25, -0.2) is 4.98 Å². The summed E-state index contributed by atoms with van der Waals surface area (Å²) in [5, 5.41) is 3.01. The summed E-state index contributed by atoms with van der Waals surface area (Å²) in [5.41, 5.74) is 4.04. The first-order chi connectivity index (χ1) is 16.5. The van der Waals surface area contributed by atoms with Crippen molar-refractivity contribution in [3.05, 3.63) is 94.2 Å². The molecule has 0 unspecified atom stereocenters. The molecule has 0 aliphatic carbocycles. The van der Waals surface area contributed by atoms with Gasteiger partial charge in [0.25, 0.3) is 5.91 Å². The summed E-state index contributed by atoms with van der Waals surface area (Å²) in [7, 11) is 0. The van der Waals surface area contributed by atoms with Crippen LogP contribution in [0.5, 0.6) is 5.75 Å².